The van der Waals surface area contributed by atoms with Crippen LogP contribution in [0.4, 0.5) is 5.69 Å². The average Bonchev–Trinajstić information content (AvgIpc) is 2.85. The number of thioether (sulfide) groups is 1. The van der Waals surface area contributed by atoms with E-state index in [4.69, 9.17) is 9.47 Å². The molecule has 2 saturated heterocycles. The molecule has 0 aromatic heterocycles. The minimum atomic E-state index is -0.953. The van der Waals surface area contributed by atoms with E-state index in [1.807, 2.05) is 6.07 Å². The second kappa shape index (κ2) is 9.96. The molecule has 0 aliphatic carbocycles. The van der Waals surface area contributed by atoms with Gasteiger partial charge in [0.05, 0.1) is 4.92 Å². The van der Waals surface area contributed by atoms with E-state index < -0.39 is 40.2 Å². The fourth-order valence-corrected chi connectivity index (χ4v) is 4.95. The third-order valence-corrected chi connectivity index (χ3v) is 6.74. The van der Waals surface area contributed by atoms with E-state index in [1.54, 1.807) is 24.3 Å². The number of fused-ring (bicyclic) bond motifs is 1. The molecule has 34 heavy (non-hydrogen) atoms. The first-order valence-corrected chi connectivity index (χ1v) is 11.4. The van der Waals surface area contributed by atoms with Gasteiger partial charge in [-0.1, -0.05) is 24.8 Å². The number of nitro groups is 1. The van der Waals surface area contributed by atoms with Crippen molar-refractivity contribution in [2.75, 3.05) is 12.4 Å². The lowest BCUT2D eigenvalue weighted by atomic mass is 9.98. The van der Waals surface area contributed by atoms with Crippen molar-refractivity contribution in [3.05, 3.63) is 82.4 Å². The predicted octanol–water partition coefficient (Wildman–Crippen LogP) is 2.04. The normalized spacial score (nSPS) is 21.2. The van der Waals surface area contributed by atoms with Gasteiger partial charge in [-0.25, -0.2) is 4.79 Å². The van der Waals surface area contributed by atoms with Crippen LogP contribution in [0.25, 0.3) is 0 Å². The van der Waals surface area contributed by atoms with Crippen molar-refractivity contribution in [1.29, 1.82) is 0 Å². The van der Waals surface area contributed by atoms with Gasteiger partial charge < -0.3 is 19.7 Å². The Hall–Kier alpha value is -3.86. The molecule has 0 saturated carbocycles. The summed E-state index contributed by atoms with van der Waals surface area (Å²) in [5.74, 6) is -0.510. The third-order valence-electron chi connectivity index (χ3n) is 5.37. The highest BCUT2D eigenvalue weighted by Gasteiger charge is 2.56. The Morgan fingerprint density at radius 2 is 1.88 bits per heavy atom. The number of esters is 1. The molecule has 0 spiro atoms. The SMILES string of the molecule is C=C1CS[C@H]2C(NC(=O)COc3ccccc3)C(=O)N2C1C(=O)OCc1ccc([N+](=O)[O-])cc1. The molecule has 2 amide bonds. The maximum atomic E-state index is 12.8. The molecule has 11 heteroatoms. The van der Waals surface area contributed by atoms with Crippen LogP contribution in [0.2, 0.25) is 0 Å². The summed E-state index contributed by atoms with van der Waals surface area (Å²) in [6.07, 6.45) is 0. The van der Waals surface area contributed by atoms with E-state index in [2.05, 4.69) is 11.9 Å². The van der Waals surface area contributed by atoms with Crippen LogP contribution in [0, 0.1) is 10.1 Å². The van der Waals surface area contributed by atoms with Gasteiger partial charge in [-0.15, -0.1) is 11.8 Å². The number of rotatable bonds is 8. The van der Waals surface area contributed by atoms with Crippen molar-refractivity contribution in [2.24, 2.45) is 0 Å². The molecule has 176 valence electrons. The second-order valence-corrected chi connectivity index (χ2v) is 8.79. The number of nitrogens with zero attached hydrogens (tertiary/aromatic N) is 2. The molecule has 2 fully saturated rings. The van der Waals surface area contributed by atoms with E-state index in [0.717, 1.165) is 0 Å². The van der Waals surface area contributed by atoms with Crippen LogP contribution in [0.5, 0.6) is 5.75 Å². The van der Waals surface area contributed by atoms with Crippen LogP contribution in [-0.4, -0.2) is 57.4 Å². The number of para-hydroxylation sites is 1. The van der Waals surface area contributed by atoms with E-state index in [9.17, 15) is 24.5 Å². The molecule has 2 aromatic carbocycles. The molecule has 1 N–H and O–H groups in total. The second-order valence-electron chi connectivity index (χ2n) is 7.69. The molecular formula is C23H21N3O7S. The summed E-state index contributed by atoms with van der Waals surface area (Å²) in [5, 5.41) is 13.0. The number of benzene rings is 2. The lowest BCUT2D eigenvalue weighted by Crippen LogP contribution is -2.74. The molecule has 2 unspecified atom stereocenters. The molecule has 2 aliphatic heterocycles. The number of β-lactam (4-membered cyclic amide) rings is 1. The van der Waals surface area contributed by atoms with E-state index in [1.165, 1.54) is 40.9 Å². The van der Waals surface area contributed by atoms with Gasteiger partial charge in [0.1, 0.15) is 23.8 Å². The van der Waals surface area contributed by atoms with Gasteiger partial charge in [0.15, 0.2) is 12.6 Å². The van der Waals surface area contributed by atoms with Crippen molar-refractivity contribution < 1.29 is 28.8 Å². The Bertz CT molecular complexity index is 1120. The van der Waals surface area contributed by atoms with Crippen molar-refractivity contribution in [3.63, 3.8) is 0 Å². The van der Waals surface area contributed by atoms with Gasteiger partial charge in [0.25, 0.3) is 11.6 Å². The topological polar surface area (TPSA) is 128 Å². The zero-order valence-corrected chi connectivity index (χ0v) is 18.7. The van der Waals surface area contributed by atoms with E-state index in [0.29, 0.717) is 22.6 Å². The number of nitro benzene ring substituents is 1. The minimum Gasteiger partial charge on any atom is -0.484 e. The minimum absolute atomic E-state index is 0.0657. The number of non-ortho nitro benzene ring substituents is 1. The summed E-state index contributed by atoms with van der Waals surface area (Å²) >= 11 is 1.41. The zero-order valence-electron chi connectivity index (χ0n) is 17.9. The van der Waals surface area contributed by atoms with Gasteiger partial charge in [0.2, 0.25) is 5.91 Å². The van der Waals surface area contributed by atoms with Crippen LogP contribution in [0.15, 0.2) is 66.7 Å². The molecule has 2 heterocycles. The number of hydrogen-bond acceptors (Lipinski definition) is 8. The summed E-state index contributed by atoms with van der Waals surface area (Å²) in [4.78, 5) is 49.5. The Kier molecular flexibility index (Phi) is 6.82. The number of carbonyl (C=O) groups is 3. The average molecular weight is 484 g/mol. The highest BCUT2D eigenvalue weighted by molar-refractivity contribution is 8.00. The molecular weight excluding hydrogens is 462 g/mol. The first kappa shape index (κ1) is 23.3. The number of hydrogen-bond donors (Lipinski definition) is 1. The van der Waals surface area contributed by atoms with Crippen molar-refractivity contribution in [1.82, 2.24) is 10.2 Å². The summed E-state index contributed by atoms with van der Waals surface area (Å²) in [6, 6.07) is 12.8. The summed E-state index contributed by atoms with van der Waals surface area (Å²) < 4.78 is 10.8. The first-order valence-electron chi connectivity index (χ1n) is 10.3. The number of amides is 2. The molecule has 0 bridgehead atoms. The van der Waals surface area contributed by atoms with Crippen LogP contribution in [-0.2, 0) is 25.7 Å². The van der Waals surface area contributed by atoms with Crippen LogP contribution in [0.3, 0.4) is 0 Å². The maximum absolute atomic E-state index is 12.8. The quantitative estimate of drug-likeness (QED) is 0.199. The fourth-order valence-electron chi connectivity index (χ4n) is 3.65. The Morgan fingerprint density at radius 1 is 1.18 bits per heavy atom. The van der Waals surface area contributed by atoms with Crippen LogP contribution in [0.1, 0.15) is 5.56 Å². The Morgan fingerprint density at radius 3 is 2.56 bits per heavy atom. The summed E-state index contributed by atoms with van der Waals surface area (Å²) in [5.41, 5.74) is 1.04. The lowest BCUT2D eigenvalue weighted by Gasteiger charge is -2.52. The van der Waals surface area contributed by atoms with Gasteiger partial charge >= 0.3 is 5.97 Å². The van der Waals surface area contributed by atoms with Gasteiger partial charge in [-0.3, -0.25) is 19.7 Å². The first-order chi connectivity index (χ1) is 16.3. The van der Waals surface area contributed by atoms with Crippen LogP contribution >= 0.6 is 11.8 Å². The van der Waals surface area contributed by atoms with Crippen molar-refractivity contribution in [3.8, 4) is 5.75 Å². The van der Waals surface area contributed by atoms with E-state index in [-0.39, 0.29) is 18.9 Å². The van der Waals surface area contributed by atoms with Crippen molar-refractivity contribution in [2.45, 2.75) is 24.1 Å². The summed E-state index contributed by atoms with van der Waals surface area (Å²) in [6.45, 7) is 3.57. The number of carbonyl (C=O) groups excluding carboxylic acids is 3. The molecule has 2 aromatic rings. The maximum Gasteiger partial charge on any atom is 0.333 e. The number of ether oxygens (including phenoxy) is 2. The summed E-state index contributed by atoms with van der Waals surface area (Å²) in [7, 11) is 0. The predicted molar refractivity (Wildman–Crippen MR) is 123 cm³/mol. The van der Waals surface area contributed by atoms with Gasteiger partial charge in [-0.2, -0.15) is 0 Å². The fraction of sp³-hybridized carbons (Fsp3) is 0.261. The van der Waals surface area contributed by atoms with Crippen LogP contribution < -0.4 is 10.1 Å². The van der Waals surface area contributed by atoms with E-state index >= 15 is 0 Å². The molecule has 0 radical (unpaired) electrons. The lowest BCUT2D eigenvalue weighted by molar-refractivity contribution is -0.384. The highest BCUT2D eigenvalue weighted by Crippen LogP contribution is 2.40. The molecule has 2 aliphatic rings. The smallest absolute Gasteiger partial charge is 0.333 e. The monoisotopic (exact) mass is 483 g/mol. The largest absolute Gasteiger partial charge is 0.484 e. The standard InChI is InChI=1S/C23H21N3O7S/c1-14-13-34-22-19(24-18(27)12-32-17-5-3-2-4-6-17)21(28)25(22)20(14)23(29)33-11-15-7-9-16(10-8-15)26(30)31/h2-10,19-20,22H,1,11-13H2,(H,24,27)/t19?,20?,22-/m0/s1. The molecule has 3 atom stereocenters. The molecule has 4 rings (SSSR count). The highest BCUT2D eigenvalue weighted by atomic mass is 32.2. The van der Waals surface area contributed by atoms with Crippen molar-refractivity contribution >= 4 is 35.2 Å². The third kappa shape index (κ3) is 4.88. The van der Waals surface area contributed by atoms with Gasteiger partial charge in [0, 0.05) is 17.9 Å². The Balaban J connectivity index is 1.32. The number of nitrogens with one attached hydrogen (secondary N) is 1. The van der Waals surface area contributed by atoms with Gasteiger partial charge in [-0.05, 0) is 35.4 Å². The Labute approximate surface area is 199 Å². The zero-order chi connectivity index (χ0) is 24.2. The molecule has 10 nitrogen and oxygen atoms in total.